The predicted molar refractivity (Wildman–Crippen MR) is 81.1 cm³/mol. The van der Waals surface area contributed by atoms with E-state index in [-0.39, 0.29) is 24.0 Å². The smallest absolute Gasteiger partial charge is 0.283 e. The molecule has 9 heteroatoms. The van der Waals surface area contributed by atoms with E-state index in [1.807, 2.05) is 0 Å². The molecule has 0 unspecified atom stereocenters. The Balaban J connectivity index is 0.00000161. The van der Waals surface area contributed by atoms with Gasteiger partial charge < -0.3 is 10.3 Å². The Morgan fingerprint density at radius 3 is 2.71 bits per heavy atom. The molecule has 1 aromatic carbocycles. The maximum atomic E-state index is 11.1. The maximum absolute atomic E-state index is 11.1. The first-order chi connectivity index (χ1) is 9.49. The van der Waals surface area contributed by atoms with Crippen LogP contribution in [0.5, 0.6) is 0 Å². The normalized spacial score (nSPS) is 15.9. The predicted octanol–water partition coefficient (Wildman–Crippen LogP) is 3.17. The third-order valence-corrected chi connectivity index (χ3v) is 4.00. The van der Waals surface area contributed by atoms with Crippen LogP contribution in [-0.4, -0.2) is 15.1 Å². The highest BCUT2D eigenvalue weighted by Gasteiger charge is 2.39. The number of aromatic nitrogens is 2. The molecule has 0 saturated heterocycles. The quantitative estimate of drug-likeness (QED) is 0.652. The molecular weight excluding hydrogens is 364 g/mol. The van der Waals surface area contributed by atoms with E-state index in [1.54, 1.807) is 12.1 Å². The Labute approximate surface area is 134 Å². The molecule has 0 aliphatic heterocycles. The molecule has 0 spiro atoms. The molecule has 1 aliphatic rings. The van der Waals surface area contributed by atoms with Crippen LogP contribution in [0.1, 0.15) is 25.1 Å². The molecular formula is C12H12BrClN4O3. The number of nitrogens with two attached hydrogens (primary N) is 1. The van der Waals surface area contributed by atoms with Gasteiger partial charge in [-0.05, 0) is 31.4 Å². The topological polar surface area (TPSA) is 108 Å². The van der Waals surface area contributed by atoms with Gasteiger partial charge in [0.15, 0.2) is 5.82 Å². The minimum Gasteiger partial charge on any atom is -0.334 e. The number of hydrogen-bond donors (Lipinski definition) is 1. The molecule has 7 nitrogen and oxygen atoms in total. The summed E-state index contributed by atoms with van der Waals surface area (Å²) in [6.45, 7) is 0. The lowest BCUT2D eigenvalue weighted by Gasteiger charge is -2.34. The van der Waals surface area contributed by atoms with E-state index in [1.165, 1.54) is 6.07 Å². The third kappa shape index (κ3) is 2.78. The van der Waals surface area contributed by atoms with Crippen molar-refractivity contribution in [3.63, 3.8) is 0 Å². The number of nitro groups is 1. The first-order valence-electron chi connectivity index (χ1n) is 6.07. The summed E-state index contributed by atoms with van der Waals surface area (Å²) in [5, 5.41) is 15.0. The van der Waals surface area contributed by atoms with E-state index in [0.717, 1.165) is 19.3 Å². The molecule has 21 heavy (non-hydrogen) atoms. The highest BCUT2D eigenvalue weighted by atomic mass is 79.9. The molecule has 0 radical (unpaired) electrons. The van der Waals surface area contributed by atoms with Crippen LogP contribution in [0.4, 0.5) is 5.69 Å². The van der Waals surface area contributed by atoms with Gasteiger partial charge in [0.2, 0.25) is 0 Å². The Morgan fingerprint density at radius 2 is 2.14 bits per heavy atom. The van der Waals surface area contributed by atoms with E-state index < -0.39 is 10.5 Å². The summed E-state index contributed by atoms with van der Waals surface area (Å²) < 4.78 is 5.76. The Kier molecular flexibility index (Phi) is 4.31. The lowest BCUT2D eigenvalue weighted by atomic mass is 9.77. The van der Waals surface area contributed by atoms with Gasteiger partial charge in [0.05, 0.1) is 10.5 Å². The van der Waals surface area contributed by atoms with Crippen molar-refractivity contribution < 1.29 is 9.45 Å². The number of nitro benzene ring substituents is 1. The SMILES string of the molecule is Cl.NC1(c2noc(-c3ccc(Br)cc3[N+](=O)[O-])n2)CCC1. The maximum Gasteiger partial charge on any atom is 0.283 e. The largest absolute Gasteiger partial charge is 0.334 e. The summed E-state index contributed by atoms with van der Waals surface area (Å²) in [7, 11) is 0. The first-order valence-corrected chi connectivity index (χ1v) is 6.86. The van der Waals surface area contributed by atoms with Gasteiger partial charge in [-0.15, -0.1) is 12.4 Å². The molecule has 3 rings (SSSR count). The van der Waals surface area contributed by atoms with Crippen molar-refractivity contribution in [2.24, 2.45) is 5.73 Å². The lowest BCUT2D eigenvalue weighted by Crippen LogP contribution is -2.44. The molecule has 1 fully saturated rings. The van der Waals surface area contributed by atoms with E-state index in [2.05, 4.69) is 26.1 Å². The van der Waals surface area contributed by atoms with Crippen molar-refractivity contribution >= 4 is 34.0 Å². The zero-order valence-corrected chi connectivity index (χ0v) is 13.2. The Hall–Kier alpha value is -1.51. The van der Waals surface area contributed by atoms with Gasteiger partial charge in [0.25, 0.3) is 11.6 Å². The molecule has 0 atom stereocenters. The van der Waals surface area contributed by atoms with E-state index in [4.69, 9.17) is 10.3 Å². The van der Waals surface area contributed by atoms with E-state index in [0.29, 0.717) is 15.9 Å². The first kappa shape index (κ1) is 15.9. The van der Waals surface area contributed by atoms with Crippen LogP contribution in [0.25, 0.3) is 11.5 Å². The van der Waals surface area contributed by atoms with Crippen molar-refractivity contribution in [3.8, 4) is 11.5 Å². The summed E-state index contributed by atoms with van der Waals surface area (Å²) in [6.07, 6.45) is 2.63. The molecule has 1 heterocycles. The third-order valence-electron chi connectivity index (χ3n) is 3.50. The standard InChI is InChI=1S/C12H11BrN4O3.ClH/c13-7-2-3-8(9(6-7)17(18)19)10-15-11(16-20-10)12(14)4-1-5-12;/h2-3,6H,1,4-5,14H2;1H. The number of halogens is 2. The van der Waals surface area contributed by atoms with E-state index in [9.17, 15) is 10.1 Å². The van der Waals surface area contributed by atoms with Crippen molar-refractivity contribution in [1.29, 1.82) is 0 Å². The van der Waals surface area contributed by atoms with Crippen LogP contribution >= 0.6 is 28.3 Å². The van der Waals surface area contributed by atoms with Gasteiger partial charge >= 0.3 is 0 Å². The summed E-state index contributed by atoms with van der Waals surface area (Å²) >= 11 is 3.20. The van der Waals surface area contributed by atoms with Crippen LogP contribution in [0, 0.1) is 10.1 Å². The monoisotopic (exact) mass is 374 g/mol. The zero-order valence-electron chi connectivity index (χ0n) is 10.8. The van der Waals surface area contributed by atoms with Gasteiger partial charge in [0, 0.05) is 10.5 Å². The fourth-order valence-electron chi connectivity index (χ4n) is 2.15. The van der Waals surface area contributed by atoms with Gasteiger partial charge in [0.1, 0.15) is 5.56 Å². The minimum atomic E-state index is -0.550. The summed E-state index contributed by atoms with van der Waals surface area (Å²) in [4.78, 5) is 14.8. The van der Waals surface area contributed by atoms with Crippen molar-refractivity contribution in [1.82, 2.24) is 10.1 Å². The Morgan fingerprint density at radius 1 is 1.43 bits per heavy atom. The second-order valence-corrected chi connectivity index (χ2v) is 5.77. The van der Waals surface area contributed by atoms with Gasteiger partial charge in [-0.3, -0.25) is 10.1 Å². The Bertz CT molecular complexity index is 687. The molecule has 1 aromatic heterocycles. The van der Waals surface area contributed by atoms with Gasteiger partial charge in [-0.2, -0.15) is 4.98 Å². The van der Waals surface area contributed by atoms with Gasteiger partial charge in [-0.1, -0.05) is 21.1 Å². The summed E-state index contributed by atoms with van der Waals surface area (Å²) in [5.41, 5.74) is 5.76. The number of nitrogens with zero attached hydrogens (tertiary/aromatic N) is 3. The fraction of sp³-hybridized carbons (Fsp3) is 0.333. The summed E-state index contributed by atoms with van der Waals surface area (Å²) in [6, 6.07) is 4.66. The van der Waals surface area contributed by atoms with Crippen LogP contribution in [0.3, 0.4) is 0 Å². The van der Waals surface area contributed by atoms with Crippen LogP contribution < -0.4 is 5.73 Å². The second-order valence-electron chi connectivity index (χ2n) is 4.85. The average Bonchev–Trinajstić information content (AvgIpc) is 2.85. The highest BCUT2D eigenvalue weighted by molar-refractivity contribution is 9.10. The number of rotatable bonds is 3. The number of benzene rings is 1. The summed E-state index contributed by atoms with van der Waals surface area (Å²) in [5.74, 6) is 0.534. The molecule has 2 N–H and O–H groups in total. The van der Waals surface area contributed by atoms with Gasteiger partial charge in [-0.25, -0.2) is 0 Å². The highest BCUT2D eigenvalue weighted by Crippen LogP contribution is 2.38. The fourth-order valence-corrected chi connectivity index (χ4v) is 2.50. The lowest BCUT2D eigenvalue weighted by molar-refractivity contribution is -0.384. The molecule has 0 bridgehead atoms. The minimum absolute atomic E-state index is 0. The molecule has 2 aromatic rings. The molecule has 1 saturated carbocycles. The van der Waals surface area contributed by atoms with Crippen LogP contribution in [0.15, 0.2) is 27.2 Å². The van der Waals surface area contributed by atoms with Crippen LogP contribution in [-0.2, 0) is 5.54 Å². The average molecular weight is 376 g/mol. The molecule has 0 amide bonds. The second kappa shape index (κ2) is 5.70. The van der Waals surface area contributed by atoms with Crippen molar-refractivity contribution in [2.45, 2.75) is 24.8 Å². The van der Waals surface area contributed by atoms with Crippen molar-refractivity contribution in [2.75, 3.05) is 0 Å². The van der Waals surface area contributed by atoms with E-state index >= 15 is 0 Å². The zero-order chi connectivity index (χ0) is 14.3. The molecule has 112 valence electrons. The van der Waals surface area contributed by atoms with Crippen LogP contribution in [0.2, 0.25) is 0 Å². The molecule has 1 aliphatic carbocycles. The van der Waals surface area contributed by atoms with Crippen molar-refractivity contribution in [3.05, 3.63) is 38.6 Å². The number of hydrogen-bond acceptors (Lipinski definition) is 6.